The van der Waals surface area contributed by atoms with Gasteiger partial charge in [-0.3, -0.25) is 0 Å². The largest absolute Gasteiger partial charge is 0.324 e. The summed E-state index contributed by atoms with van der Waals surface area (Å²) in [6.07, 6.45) is 1.41. The lowest BCUT2D eigenvalue weighted by atomic mass is 10.2. The minimum Gasteiger partial charge on any atom is -0.324 e. The van der Waals surface area contributed by atoms with E-state index in [0.717, 1.165) is 23.3 Å². The Labute approximate surface area is 95.3 Å². The predicted molar refractivity (Wildman–Crippen MR) is 64.1 cm³/mol. The molecule has 0 spiro atoms. The number of hydrogen-bond acceptors (Lipinski definition) is 2. The summed E-state index contributed by atoms with van der Waals surface area (Å²) < 4.78 is 2.18. The smallest absolute Gasteiger partial charge is 0.109 e. The molecule has 1 aromatic carbocycles. The zero-order valence-corrected chi connectivity index (χ0v) is 9.64. The number of benzene rings is 1. The first-order chi connectivity index (χ1) is 7.77. The van der Waals surface area contributed by atoms with Gasteiger partial charge >= 0.3 is 0 Å². The normalized spacial score (nSPS) is 12.6. The van der Waals surface area contributed by atoms with Crippen LogP contribution in [0.2, 0.25) is 0 Å². The Kier molecular flexibility index (Phi) is 2.91. The van der Waals surface area contributed by atoms with E-state index in [1.807, 2.05) is 18.2 Å². The standard InChI is InChI=1S/C13H15N3/c1-3-13-15-11-6-4-5-7-12(11)16(13)10(2)8-9-14/h4-7,10H,3,8H2,1-2H3. The Hall–Kier alpha value is -1.82. The molecule has 2 rings (SSSR count). The molecule has 16 heavy (non-hydrogen) atoms. The van der Waals surface area contributed by atoms with E-state index in [-0.39, 0.29) is 6.04 Å². The van der Waals surface area contributed by atoms with Crippen LogP contribution in [-0.2, 0) is 6.42 Å². The van der Waals surface area contributed by atoms with Crippen LogP contribution in [0.3, 0.4) is 0 Å². The van der Waals surface area contributed by atoms with Crippen molar-refractivity contribution in [1.29, 1.82) is 5.26 Å². The van der Waals surface area contributed by atoms with Gasteiger partial charge in [0.25, 0.3) is 0 Å². The van der Waals surface area contributed by atoms with E-state index < -0.39 is 0 Å². The van der Waals surface area contributed by atoms with E-state index in [9.17, 15) is 0 Å². The highest BCUT2D eigenvalue weighted by molar-refractivity contribution is 5.76. The number of imidazole rings is 1. The van der Waals surface area contributed by atoms with Crippen molar-refractivity contribution in [2.24, 2.45) is 0 Å². The monoisotopic (exact) mass is 213 g/mol. The number of nitrogens with zero attached hydrogens (tertiary/aromatic N) is 3. The molecule has 3 nitrogen and oxygen atoms in total. The van der Waals surface area contributed by atoms with Crippen LogP contribution in [0.1, 0.15) is 32.1 Å². The van der Waals surface area contributed by atoms with Gasteiger partial charge in [-0.05, 0) is 19.1 Å². The minimum absolute atomic E-state index is 0.187. The van der Waals surface area contributed by atoms with Crippen LogP contribution in [0.25, 0.3) is 11.0 Å². The molecule has 1 atom stereocenters. The maximum atomic E-state index is 8.79. The van der Waals surface area contributed by atoms with Crippen molar-refractivity contribution in [1.82, 2.24) is 9.55 Å². The molecule has 0 saturated heterocycles. The fourth-order valence-electron chi connectivity index (χ4n) is 2.06. The summed E-state index contributed by atoms with van der Waals surface area (Å²) in [4.78, 5) is 4.59. The molecule has 1 aromatic heterocycles. The summed E-state index contributed by atoms with van der Waals surface area (Å²) in [5.74, 6) is 1.06. The van der Waals surface area contributed by atoms with Gasteiger partial charge in [0.2, 0.25) is 0 Å². The second kappa shape index (κ2) is 4.36. The van der Waals surface area contributed by atoms with Crippen molar-refractivity contribution < 1.29 is 0 Å². The molecule has 0 N–H and O–H groups in total. The van der Waals surface area contributed by atoms with Gasteiger partial charge in [-0.2, -0.15) is 5.26 Å². The fourth-order valence-corrected chi connectivity index (χ4v) is 2.06. The summed E-state index contributed by atoms with van der Waals surface area (Å²) in [7, 11) is 0. The average molecular weight is 213 g/mol. The zero-order valence-electron chi connectivity index (χ0n) is 9.64. The number of rotatable bonds is 3. The van der Waals surface area contributed by atoms with Gasteiger partial charge < -0.3 is 4.57 Å². The highest BCUT2D eigenvalue weighted by Crippen LogP contribution is 2.22. The van der Waals surface area contributed by atoms with Crippen molar-refractivity contribution >= 4 is 11.0 Å². The minimum atomic E-state index is 0.187. The second-order valence-corrected chi connectivity index (χ2v) is 3.95. The van der Waals surface area contributed by atoms with Crippen LogP contribution in [0.15, 0.2) is 24.3 Å². The molecule has 2 aromatic rings. The third-order valence-corrected chi connectivity index (χ3v) is 2.81. The molecule has 1 heterocycles. The molecule has 3 heteroatoms. The van der Waals surface area contributed by atoms with Crippen LogP contribution >= 0.6 is 0 Å². The molecule has 0 bridgehead atoms. The SMILES string of the molecule is CCc1nc2ccccc2n1C(C)CC#N. The van der Waals surface area contributed by atoms with Crippen LogP contribution in [0, 0.1) is 11.3 Å². The summed E-state index contributed by atoms with van der Waals surface area (Å²) in [6.45, 7) is 4.16. The van der Waals surface area contributed by atoms with Gasteiger partial charge in [0.1, 0.15) is 5.82 Å². The predicted octanol–water partition coefficient (Wildman–Crippen LogP) is 3.07. The van der Waals surface area contributed by atoms with Gasteiger partial charge in [-0.25, -0.2) is 4.98 Å². The molecule has 0 aliphatic rings. The molecule has 0 aliphatic heterocycles. The van der Waals surface area contributed by atoms with E-state index in [1.165, 1.54) is 0 Å². The third-order valence-electron chi connectivity index (χ3n) is 2.81. The number of aromatic nitrogens is 2. The van der Waals surface area contributed by atoms with Crippen molar-refractivity contribution in [3.63, 3.8) is 0 Å². The molecule has 0 aliphatic carbocycles. The maximum absolute atomic E-state index is 8.79. The number of para-hydroxylation sites is 2. The van der Waals surface area contributed by atoms with Crippen LogP contribution in [0.5, 0.6) is 0 Å². The first kappa shape index (κ1) is 10.7. The molecular weight excluding hydrogens is 198 g/mol. The first-order valence-electron chi connectivity index (χ1n) is 5.60. The van der Waals surface area contributed by atoms with Crippen molar-refractivity contribution in [3.05, 3.63) is 30.1 Å². The quantitative estimate of drug-likeness (QED) is 0.786. The van der Waals surface area contributed by atoms with Gasteiger partial charge in [-0.15, -0.1) is 0 Å². The molecule has 0 amide bonds. The van der Waals surface area contributed by atoms with Gasteiger partial charge in [-0.1, -0.05) is 19.1 Å². The van der Waals surface area contributed by atoms with Crippen molar-refractivity contribution in [3.8, 4) is 6.07 Å². The highest BCUT2D eigenvalue weighted by atomic mass is 15.1. The van der Waals surface area contributed by atoms with Crippen LogP contribution in [-0.4, -0.2) is 9.55 Å². The maximum Gasteiger partial charge on any atom is 0.109 e. The molecule has 0 fully saturated rings. The molecular formula is C13H15N3. The highest BCUT2D eigenvalue weighted by Gasteiger charge is 2.13. The number of fused-ring (bicyclic) bond motifs is 1. The summed E-state index contributed by atoms with van der Waals surface area (Å²) in [5, 5.41) is 8.79. The molecule has 0 radical (unpaired) electrons. The van der Waals surface area contributed by atoms with E-state index >= 15 is 0 Å². The topological polar surface area (TPSA) is 41.6 Å². The van der Waals surface area contributed by atoms with E-state index in [2.05, 4.69) is 35.5 Å². The Balaban J connectivity index is 2.60. The van der Waals surface area contributed by atoms with Gasteiger partial charge in [0.15, 0.2) is 0 Å². The summed E-state index contributed by atoms with van der Waals surface area (Å²) in [6, 6.07) is 10.5. The number of aryl methyl sites for hydroxylation is 1. The first-order valence-corrected chi connectivity index (χ1v) is 5.60. The van der Waals surface area contributed by atoms with Crippen LogP contribution in [0.4, 0.5) is 0 Å². The lowest BCUT2D eigenvalue weighted by Gasteiger charge is -2.13. The zero-order chi connectivity index (χ0) is 11.5. The molecule has 82 valence electrons. The summed E-state index contributed by atoms with van der Waals surface area (Å²) >= 11 is 0. The Morgan fingerprint density at radius 3 is 2.88 bits per heavy atom. The van der Waals surface area contributed by atoms with E-state index in [4.69, 9.17) is 5.26 Å². The average Bonchev–Trinajstić information content (AvgIpc) is 2.67. The lowest BCUT2D eigenvalue weighted by Crippen LogP contribution is -2.08. The van der Waals surface area contributed by atoms with Crippen molar-refractivity contribution in [2.75, 3.05) is 0 Å². The Bertz CT molecular complexity index is 534. The van der Waals surface area contributed by atoms with Gasteiger partial charge in [0.05, 0.1) is 23.5 Å². The molecule has 0 saturated carbocycles. The van der Waals surface area contributed by atoms with E-state index in [1.54, 1.807) is 0 Å². The number of hydrogen-bond donors (Lipinski definition) is 0. The fraction of sp³-hybridized carbons (Fsp3) is 0.385. The Morgan fingerprint density at radius 2 is 2.19 bits per heavy atom. The second-order valence-electron chi connectivity index (χ2n) is 3.95. The summed E-state index contributed by atoms with van der Waals surface area (Å²) in [5.41, 5.74) is 2.14. The van der Waals surface area contributed by atoms with E-state index in [0.29, 0.717) is 6.42 Å². The Morgan fingerprint density at radius 1 is 1.44 bits per heavy atom. The third kappa shape index (κ3) is 1.67. The lowest BCUT2D eigenvalue weighted by molar-refractivity contribution is 0.551. The van der Waals surface area contributed by atoms with Gasteiger partial charge in [0, 0.05) is 12.5 Å². The number of nitriles is 1. The molecule has 1 unspecified atom stereocenters. The van der Waals surface area contributed by atoms with Crippen molar-refractivity contribution in [2.45, 2.75) is 32.7 Å². The van der Waals surface area contributed by atoms with Crippen LogP contribution < -0.4 is 0 Å².